The van der Waals surface area contributed by atoms with E-state index in [0.29, 0.717) is 0 Å². The van der Waals surface area contributed by atoms with Crippen LogP contribution < -0.4 is 4.90 Å². The zero-order valence-electron chi connectivity index (χ0n) is 27.4. The van der Waals surface area contributed by atoms with E-state index in [0.717, 1.165) is 44.4 Å². The second-order valence-electron chi connectivity index (χ2n) is 13.8. The first-order valence-corrected chi connectivity index (χ1v) is 17.0. The minimum Gasteiger partial charge on any atom is -0.455 e. The van der Waals surface area contributed by atoms with Gasteiger partial charge in [-0.15, -0.1) is 0 Å². The van der Waals surface area contributed by atoms with Crippen molar-refractivity contribution in [1.82, 2.24) is 0 Å². The van der Waals surface area contributed by atoms with Crippen LogP contribution in [0.1, 0.15) is 25.0 Å². The highest BCUT2D eigenvalue weighted by atomic mass is 16.3. The maximum Gasteiger partial charge on any atom is 0.143 e. The summed E-state index contributed by atoms with van der Waals surface area (Å²) in [5, 5.41) is 7.10. The number of rotatable bonds is 4. The highest BCUT2D eigenvalue weighted by Crippen LogP contribution is 2.51. The van der Waals surface area contributed by atoms with Crippen LogP contribution in [0.2, 0.25) is 0 Å². The van der Waals surface area contributed by atoms with Crippen LogP contribution in [0.5, 0.6) is 0 Å². The highest BCUT2D eigenvalue weighted by molar-refractivity contribution is 6.15. The lowest BCUT2D eigenvalue weighted by Crippen LogP contribution is -2.15. The summed E-state index contributed by atoms with van der Waals surface area (Å²) in [7, 11) is 0. The third-order valence-corrected chi connectivity index (χ3v) is 10.7. The van der Waals surface area contributed by atoms with Crippen molar-refractivity contribution in [2.45, 2.75) is 19.3 Å². The van der Waals surface area contributed by atoms with Gasteiger partial charge in [0.25, 0.3) is 0 Å². The van der Waals surface area contributed by atoms with Gasteiger partial charge in [-0.05, 0) is 92.0 Å². The Bertz CT molecular complexity index is 2740. The summed E-state index contributed by atoms with van der Waals surface area (Å²) in [6.07, 6.45) is 0. The molecule has 0 atom stereocenters. The Morgan fingerprint density at radius 2 is 1.04 bits per heavy atom. The van der Waals surface area contributed by atoms with Crippen molar-refractivity contribution in [3.8, 4) is 22.3 Å². The molecule has 2 nitrogen and oxygen atoms in total. The predicted molar refractivity (Wildman–Crippen MR) is 206 cm³/mol. The van der Waals surface area contributed by atoms with Crippen LogP contribution in [0.15, 0.2) is 168 Å². The van der Waals surface area contributed by atoms with Crippen LogP contribution in [0.3, 0.4) is 0 Å². The molecule has 9 aromatic rings. The first kappa shape index (κ1) is 27.9. The van der Waals surface area contributed by atoms with Crippen LogP contribution in [0.25, 0.3) is 65.7 Å². The minimum absolute atomic E-state index is 0.0502. The quantitative estimate of drug-likeness (QED) is 0.193. The fraction of sp³-hybridized carbons (Fsp3) is 0.0638. The van der Waals surface area contributed by atoms with Gasteiger partial charge in [-0.3, -0.25) is 0 Å². The largest absolute Gasteiger partial charge is 0.455 e. The molecule has 1 heterocycles. The van der Waals surface area contributed by atoms with E-state index in [1.165, 1.54) is 49.5 Å². The van der Waals surface area contributed by atoms with Crippen LogP contribution in [0, 0.1) is 0 Å². The molecular weight excluding hydrogens is 595 g/mol. The summed E-state index contributed by atoms with van der Waals surface area (Å²) in [6.45, 7) is 4.67. The predicted octanol–water partition coefficient (Wildman–Crippen LogP) is 13.3. The van der Waals surface area contributed by atoms with E-state index in [1.54, 1.807) is 0 Å². The molecular formula is C47H33NO. The SMILES string of the molecule is CC1(C)c2ccccc2-c2cc(N(c3ccc(-c4cccc5ccccc45)cc3)c3ccc4c(c3)oc3c5ccccc5ccc43)ccc21. The van der Waals surface area contributed by atoms with Gasteiger partial charge in [-0.2, -0.15) is 0 Å². The second kappa shape index (κ2) is 10.4. The maximum absolute atomic E-state index is 6.67. The number of nitrogens with zero attached hydrogens (tertiary/aromatic N) is 1. The first-order valence-electron chi connectivity index (χ1n) is 17.0. The Morgan fingerprint density at radius 1 is 0.429 bits per heavy atom. The summed E-state index contributed by atoms with van der Waals surface area (Å²) in [5.74, 6) is 0. The van der Waals surface area contributed by atoms with Crippen molar-refractivity contribution < 1.29 is 4.42 Å². The number of anilines is 3. The standard InChI is InChI=1S/C47H33NO/c1-47(2)43-17-8-7-15-39(43)42-28-34(24-27-44(42)47)48(33-21-18-32(19-22-33)37-16-9-12-30-10-3-5-13-36(30)37)35-23-26-40-41-25-20-31-11-4-6-14-38(31)46(41)49-45(40)29-35/h3-29H,1-2H3. The molecule has 2 heteroatoms. The summed E-state index contributed by atoms with van der Waals surface area (Å²) in [6, 6.07) is 59.5. The molecule has 10 rings (SSSR count). The number of fused-ring (bicyclic) bond motifs is 9. The van der Waals surface area contributed by atoms with E-state index in [2.05, 4.69) is 183 Å². The van der Waals surface area contributed by atoms with E-state index in [1.807, 2.05) is 0 Å². The Kier molecular flexibility index (Phi) is 5.95. The molecule has 0 bridgehead atoms. The topological polar surface area (TPSA) is 16.4 Å². The second-order valence-corrected chi connectivity index (χ2v) is 13.8. The molecule has 0 saturated carbocycles. The number of hydrogen-bond donors (Lipinski definition) is 0. The fourth-order valence-corrected chi connectivity index (χ4v) is 8.19. The molecule has 0 saturated heterocycles. The van der Waals surface area contributed by atoms with Gasteiger partial charge in [0.15, 0.2) is 0 Å². The molecule has 232 valence electrons. The first-order chi connectivity index (χ1) is 24.0. The number of furan rings is 1. The molecule has 0 radical (unpaired) electrons. The normalized spacial score (nSPS) is 13.3. The molecule has 0 fully saturated rings. The molecule has 8 aromatic carbocycles. The smallest absolute Gasteiger partial charge is 0.143 e. The molecule has 49 heavy (non-hydrogen) atoms. The van der Waals surface area contributed by atoms with Gasteiger partial charge in [0.1, 0.15) is 11.2 Å². The van der Waals surface area contributed by atoms with Gasteiger partial charge in [-0.1, -0.05) is 129 Å². The summed E-state index contributed by atoms with van der Waals surface area (Å²) in [5.41, 5.74) is 12.8. The van der Waals surface area contributed by atoms with Crippen molar-refractivity contribution in [3.63, 3.8) is 0 Å². The lowest BCUT2D eigenvalue weighted by molar-refractivity contribution is 0.660. The van der Waals surface area contributed by atoms with Crippen molar-refractivity contribution in [2.24, 2.45) is 0 Å². The summed E-state index contributed by atoms with van der Waals surface area (Å²) in [4.78, 5) is 2.37. The van der Waals surface area contributed by atoms with Gasteiger partial charge in [0, 0.05) is 44.7 Å². The lowest BCUT2D eigenvalue weighted by Gasteiger charge is -2.27. The highest BCUT2D eigenvalue weighted by Gasteiger charge is 2.35. The van der Waals surface area contributed by atoms with E-state index in [9.17, 15) is 0 Å². The number of hydrogen-bond acceptors (Lipinski definition) is 2. The Balaban J connectivity index is 1.16. The molecule has 0 spiro atoms. The third-order valence-electron chi connectivity index (χ3n) is 10.7. The zero-order chi connectivity index (χ0) is 32.7. The summed E-state index contributed by atoms with van der Waals surface area (Å²) >= 11 is 0. The van der Waals surface area contributed by atoms with Gasteiger partial charge in [0.05, 0.1) is 0 Å². The van der Waals surface area contributed by atoms with Crippen LogP contribution in [-0.2, 0) is 5.41 Å². The number of benzene rings is 8. The molecule has 1 aromatic heterocycles. The molecule has 0 amide bonds. The zero-order valence-corrected chi connectivity index (χ0v) is 27.4. The Morgan fingerprint density at radius 3 is 1.90 bits per heavy atom. The molecule has 1 aliphatic rings. The summed E-state index contributed by atoms with van der Waals surface area (Å²) < 4.78 is 6.67. The van der Waals surface area contributed by atoms with Gasteiger partial charge < -0.3 is 9.32 Å². The van der Waals surface area contributed by atoms with Gasteiger partial charge in [-0.25, -0.2) is 0 Å². The fourth-order valence-electron chi connectivity index (χ4n) is 8.19. The van der Waals surface area contributed by atoms with E-state index >= 15 is 0 Å². The Labute approximate surface area is 285 Å². The van der Waals surface area contributed by atoms with E-state index in [-0.39, 0.29) is 5.41 Å². The monoisotopic (exact) mass is 627 g/mol. The van der Waals surface area contributed by atoms with Crippen LogP contribution in [0.4, 0.5) is 17.1 Å². The molecule has 0 aliphatic heterocycles. The van der Waals surface area contributed by atoms with Crippen LogP contribution in [-0.4, -0.2) is 0 Å². The van der Waals surface area contributed by atoms with Crippen molar-refractivity contribution in [1.29, 1.82) is 0 Å². The average Bonchev–Trinajstić information content (AvgIpc) is 3.64. The third kappa shape index (κ3) is 4.20. The Hall–Kier alpha value is -6.12. The molecule has 0 N–H and O–H groups in total. The van der Waals surface area contributed by atoms with Crippen molar-refractivity contribution >= 4 is 60.5 Å². The van der Waals surface area contributed by atoms with Gasteiger partial charge in [0.2, 0.25) is 0 Å². The minimum atomic E-state index is -0.0502. The van der Waals surface area contributed by atoms with Crippen molar-refractivity contribution in [3.05, 3.63) is 175 Å². The van der Waals surface area contributed by atoms with Gasteiger partial charge >= 0.3 is 0 Å². The van der Waals surface area contributed by atoms with E-state index in [4.69, 9.17) is 4.42 Å². The van der Waals surface area contributed by atoms with Crippen molar-refractivity contribution in [2.75, 3.05) is 4.90 Å². The molecule has 1 aliphatic carbocycles. The maximum atomic E-state index is 6.67. The van der Waals surface area contributed by atoms with E-state index < -0.39 is 0 Å². The van der Waals surface area contributed by atoms with Crippen LogP contribution >= 0.6 is 0 Å². The molecule has 0 unspecified atom stereocenters. The lowest BCUT2D eigenvalue weighted by atomic mass is 9.82. The average molecular weight is 628 g/mol.